The van der Waals surface area contributed by atoms with Crippen LogP contribution in [-0.4, -0.2) is 28.0 Å². The topological polar surface area (TPSA) is 80.4 Å². The van der Waals surface area contributed by atoms with Crippen molar-refractivity contribution in [1.29, 1.82) is 0 Å². The number of amides is 3. The molecular formula is C18H22N4O2. The van der Waals surface area contributed by atoms with Gasteiger partial charge < -0.3 is 20.5 Å². The van der Waals surface area contributed by atoms with Crippen LogP contribution in [0.4, 0.5) is 4.79 Å². The predicted molar refractivity (Wildman–Crippen MR) is 91.3 cm³/mol. The summed E-state index contributed by atoms with van der Waals surface area (Å²) >= 11 is 0. The fraction of sp³-hybridized carbons (Fsp3) is 0.333. The number of aryl methyl sites for hydroxylation is 1. The highest BCUT2D eigenvalue weighted by molar-refractivity contribution is 5.94. The summed E-state index contributed by atoms with van der Waals surface area (Å²) in [4.78, 5) is 25.6. The lowest BCUT2D eigenvalue weighted by atomic mass is 10.1. The number of hydrogen-bond acceptors (Lipinski definition) is 2. The Bertz CT molecular complexity index is 736. The van der Waals surface area contributed by atoms with E-state index in [4.69, 9.17) is 5.73 Å². The number of nitrogens with zero attached hydrogens (tertiary/aromatic N) is 2. The molecule has 24 heavy (non-hydrogen) atoms. The average Bonchev–Trinajstić information content (AvgIpc) is 3.21. The minimum Gasteiger partial charge on any atom is -0.353 e. The van der Waals surface area contributed by atoms with Gasteiger partial charge in [-0.15, -0.1) is 0 Å². The number of primary amides is 1. The molecule has 1 aliphatic rings. The molecule has 1 aromatic heterocycles. The second-order valence-electron chi connectivity index (χ2n) is 6.12. The van der Waals surface area contributed by atoms with Gasteiger partial charge in [0.1, 0.15) is 0 Å². The molecule has 1 saturated heterocycles. The molecule has 1 aliphatic heterocycles. The lowest BCUT2D eigenvalue weighted by Crippen LogP contribution is -2.31. The number of urea groups is 1. The molecule has 1 aromatic carbocycles. The quantitative estimate of drug-likeness (QED) is 0.903. The second kappa shape index (κ2) is 6.78. The number of nitrogens with one attached hydrogen (secondary N) is 1. The van der Waals surface area contributed by atoms with E-state index in [0.717, 1.165) is 24.9 Å². The molecule has 0 saturated carbocycles. The fourth-order valence-corrected chi connectivity index (χ4v) is 3.26. The largest absolute Gasteiger partial charge is 0.353 e. The maximum atomic E-state index is 12.9. The van der Waals surface area contributed by atoms with Crippen molar-refractivity contribution in [2.75, 3.05) is 6.54 Å². The fourth-order valence-electron chi connectivity index (χ4n) is 3.26. The van der Waals surface area contributed by atoms with Gasteiger partial charge in [-0.2, -0.15) is 0 Å². The Balaban J connectivity index is 1.73. The van der Waals surface area contributed by atoms with Gasteiger partial charge in [0.25, 0.3) is 5.91 Å². The van der Waals surface area contributed by atoms with Gasteiger partial charge in [0, 0.05) is 37.6 Å². The second-order valence-corrected chi connectivity index (χ2v) is 6.12. The maximum absolute atomic E-state index is 12.9. The van der Waals surface area contributed by atoms with E-state index in [1.807, 2.05) is 36.3 Å². The summed E-state index contributed by atoms with van der Waals surface area (Å²) in [6.45, 7) is 1.14. The predicted octanol–water partition coefficient (Wildman–Crippen LogP) is 2.17. The lowest BCUT2D eigenvalue weighted by molar-refractivity contribution is 0.0731. The molecule has 0 spiro atoms. The van der Waals surface area contributed by atoms with Gasteiger partial charge in [0.05, 0.1) is 6.04 Å². The minimum atomic E-state index is -0.558. The maximum Gasteiger partial charge on any atom is 0.312 e. The van der Waals surface area contributed by atoms with E-state index >= 15 is 0 Å². The third-order valence-electron chi connectivity index (χ3n) is 4.51. The van der Waals surface area contributed by atoms with Gasteiger partial charge in [-0.3, -0.25) is 4.79 Å². The summed E-state index contributed by atoms with van der Waals surface area (Å²) in [6.07, 6.45) is 4.02. The van der Waals surface area contributed by atoms with Crippen molar-refractivity contribution in [3.05, 3.63) is 59.4 Å². The number of carbonyl (C=O) groups excluding carboxylic acids is 2. The smallest absolute Gasteiger partial charge is 0.312 e. The van der Waals surface area contributed by atoms with Gasteiger partial charge >= 0.3 is 6.03 Å². The number of carbonyl (C=O) groups is 2. The van der Waals surface area contributed by atoms with Crippen LogP contribution in [0.1, 0.15) is 40.5 Å². The van der Waals surface area contributed by atoms with Gasteiger partial charge in [0.2, 0.25) is 0 Å². The number of benzene rings is 1. The molecule has 2 aromatic rings. The molecule has 0 radical (unpaired) electrons. The zero-order valence-electron chi connectivity index (χ0n) is 13.7. The summed E-state index contributed by atoms with van der Waals surface area (Å²) in [5, 5.41) is 2.54. The molecule has 0 aliphatic carbocycles. The van der Waals surface area contributed by atoms with E-state index in [-0.39, 0.29) is 11.9 Å². The van der Waals surface area contributed by atoms with Crippen LogP contribution in [-0.2, 0) is 13.6 Å². The summed E-state index contributed by atoms with van der Waals surface area (Å²) < 4.78 is 2.08. The number of nitrogens with two attached hydrogens (primary N) is 1. The Kier molecular flexibility index (Phi) is 4.55. The normalized spacial score (nSPS) is 17.0. The summed E-state index contributed by atoms with van der Waals surface area (Å²) in [5.41, 5.74) is 7.81. The van der Waals surface area contributed by atoms with E-state index in [1.165, 1.54) is 5.69 Å². The Hall–Kier alpha value is -2.76. The number of hydrogen-bond donors (Lipinski definition) is 2. The molecular weight excluding hydrogens is 304 g/mol. The van der Waals surface area contributed by atoms with Crippen molar-refractivity contribution in [1.82, 2.24) is 14.8 Å². The lowest BCUT2D eigenvalue weighted by Gasteiger charge is -2.25. The highest BCUT2D eigenvalue weighted by Crippen LogP contribution is 2.33. The monoisotopic (exact) mass is 326 g/mol. The molecule has 1 fully saturated rings. The molecule has 3 N–H and O–H groups in total. The molecule has 3 amide bonds. The van der Waals surface area contributed by atoms with E-state index in [2.05, 4.69) is 16.0 Å². The third-order valence-corrected chi connectivity index (χ3v) is 4.51. The number of aromatic nitrogens is 1. The zero-order valence-corrected chi connectivity index (χ0v) is 13.7. The van der Waals surface area contributed by atoms with E-state index in [9.17, 15) is 9.59 Å². The van der Waals surface area contributed by atoms with Crippen LogP contribution in [0.25, 0.3) is 0 Å². The first-order valence-corrected chi connectivity index (χ1v) is 8.10. The molecule has 2 heterocycles. The molecule has 6 nitrogen and oxygen atoms in total. The molecule has 6 heteroatoms. The minimum absolute atomic E-state index is 0.0492. The van der Waals surface area contributed by atoms with Gasteiger partial charge in [-0.25, -0.2) is 4.79 Å². The SMILES string of the molecule is Cn1cccc1C1CCCN1C(=O)c1ccc(CNC(N)=O)cc1. The van der Waals surface area contributed by atoms with E-state index in [0.29, 0.717) is 12.1 Å². The highest BCUT2D eigenvalue weighted by atomic mass is 16.2. The van der Waals surface area contributed by atoms with Gasteiger partial charge in [-0.1, -0.05) is 12.1 Å². The highest BCUT2D eigenvalue weighted by Gasteiger charge is 2.31. The van der Waals surface area contributed by atoms with Crippen molar-refractivity contribution in [2.45, 2.75) is 25.4 Å². The molecule has 126 valence electrons. The van der Waals surface area contributed by atoms with Crippen LogP contribution in [0.15, 0.2) is 42.6 Å². The molecule has 3 rings (SSSR count). The Morgan fingerprint density at radius 1 is 1.25 bits per heavy atom. The van der Waals surface area contributed by atoms with E-state index in [1.54, 1.807) is 12.1 Å². The first kappa shape index (κ1) is 16.1. The van der Waals surface area contributed by atoms with Crippen LogP contribution in [0.2, 0.25) is 0 Å². The zero-order chi connectivity index (χ0) is 17.1. The van der Waals surface area contributed by atoms with Crippen molar-refractivity contribution < 1.29 is 9.59 Å². The van der Waals surface area contributed by atoms with Crippen LogP contribution in [0.5, 0.6) is 0 Å². The van der Waals surface area contributed by atoms with Crippen molar-refractivity contribution >= 4 is 11.9 Å². The van der Waals surface area contributed by atoms with E-state index < -0.39 is 6.03 Å². The Morgan fingerprint density at radius 3 is 2.62 bits per heavy atom. The molecule has 1 atom stereocenters. The first-order valence-electron chi connectivity index (χ1n) is 8.10. The summed E-state index contributed by atoms with van der Waals surface area (Å²) in [5.74, 6) is 0.0492. The van der Waals surface area contributed by atoms with Crippen LogP contribution in [0.3, 0.4) is 0 Å². The van der Waals surface area contributed by atoms with Gasteiger partial charge in [-0.05, 0) is 42.7 Å². The number of rotatable bonds is 4. The van der Waals surface area contributed by atoms with Gasteiger partial charge in [0.15, 0.2) is 0 Å². The summed E-state index contributed by atoms with van der Waals surface area (Å²) in [7, 11) is 2.01. The third kappa shape index (κ3) is 3.27. The standard InChI is InChI=1S/C18H22N4O2/c1-21-10-2-4-15(21)16-5-3-11-22(16)17(23)14-8-6-13(7-9-14)12-20-18(19)24/h2,4,6-10,16H,3,5,11-12H2,1H3,(H3,19,20,24). The van der Waals surface area contributed by atoms with Crippen molar-refractivity contribution in [2.24, 2.45) is 12.8 Å². The average molecular weight is 326 g/mol. The van der Waals surface area contributed by atoms with Crippen molar-refractivity contribution in [3.8, 4) is 0 Å². The van der Waals surface area contributed by atoms with Crippen LogP contribution in [0, 0.1) is 0 Å². The van der Waals surface area contributed by atoms with Crippen molar-refractivity contribution in [3.63, 3.8) is 0 Å². The summed E-state index contributed by atoms with van der Waals surface area (Å²) in [6, 6.07) is 11.0. The first-order chi connectivity index (χ1) is 11.6. The molecule has 0 bridgehead atoms. The number of likely N-dealkylation sites (tertiary alicyclic amines) is 1. The van der Waals surface area contributed by atoms with Crippen LogP contribution < -0.4 is 11.1 Å². The Morgan fingerprint density at radius 2 is 2.00 bits per heavy atom. The Labute approximate surface area is 141 Å². The van der Waals surface area contributed by atoms with Crippen LogP contribution >= 0.6 is 0 Å². The molecule has 1 unspecified atom stereocenters.